The molecule has 2 nitrogen and oxygen atoms in total. The van der Waals surface area contributed by atoms with Crippen LogP contribution in [0.5, 0.6) is 11.5 Å². The lowest BCUT2D eigenvalue weighted by Gasteiger charge is -2.12. The van der Waals surface area contributed by atoms with E-state index in [1.165, 1.54) is 0 Å². The zero-order chi connectivity index (χ0) is 12.0. The maximum atomic E-state index is 5.61. The van der Waals surface area contributed by atoms with E-state index in [0.29, 0.717) is 13.2 Å². The van der Waals surface area contributed by atoms with Crippen molar-refractivity contribution in [3.63, 3.8) is 0 Å². The SMILES string of the molecule is CCCOc1cc(OCCC)c(Br)cc1Br. The summed E-state index contributed by atoms with van der Waals surface area (Å²) in [4.78, 5) is 0. The average Bonchev–Trinajstić information content (AvgIpc) is 2.26. The summed E-state index contributed by atoms with van der Waals surface area (Å²) in [6, 6.07) is 3.87. The molecule has 0 aliphatic carbocycles. The van der Waals surface area contributed by atoms with Crippen LogP contribution in [0.4, 0.5) is 0 Å². The largest absolute Gasteiger partial charge is 0.492 e. The van der Waals surface area contributed by atoms with Crippen LogP contribution in [0.15, 0.2) is 21.1 Å². The summed E-state index contributed by atoms with van der Waals surface area (Å²) in [6.45, 7) is 5.60. The smallest absolute Gasteiger partial charge is 0.137 e. The predicted octanol–water partition coefficient (Wildman–Crippen LogP) is 4.79. The van der Waals surface area contributed by atoms with Gasteiger partial charge in [0.05, 0.1) is 22.2 Å². The summed E-state index contributed by atoms with van der Waals surface area (Å²) in [5.41, 5.74) is 0. The Bertz CT molecular complexity index is 311. The lowest BCUT2D eigenvalue weighted by molar-refractivity contribution is 0.299. The van der Waals surface area contributed by atoms with Crippen molar-refractivity contribution in [2.75, 3.05) is 13.2 Å². The molecule has 0 bridgehead atoms. The average molecular weight is 352 g/mol. The van der Waals surface area contributed by atoms with Crippen LogP contribution in [-0.4, -0.2) is 13.2 Å². The van der Waals surface area contributed by atoms with Gasteiger partial charge in [0.25, 0.3) is 0 Å². The number of halogens is 2. The lowest BCUT2D eigenvalue weighted by atomic mass is 10.3. The molecule has 0 unspecified atom stereocenters. The molecule has 0 amide bonds. The van der Waals surface area contributed by atoms with Crippen LogP contribution in [0.25, 0.3) is 0 Å². The molecule has 0 aromatic heterocycles. The topological polar surface area (TPSA) is 18.5 Å². The van der Waals surface area contributed by atoms with Crippen molar-refractivity contribution in [2.24, 2.45) is 0 Å². The minimum absolute atomic E-state index is 0.716. The molecule has 16 heavy (non-hydrogen) atoms. The minimum atomic E-state index is 0.716. The van der Waals surface area contributed by atoms with E-state index in [-0.39, 0.29) is 0 Å². The van der Waals surface area contributed by atoms with Crippen LogP contribution < -0.4 is 9.47 Å². The van der Waals surface area contributed by atoms with Crippen molar-refractivity contribution in [1.82, 2.24) is 0 Å². The fourth-order valence-corrected chi connectivity index (χ4v) is 2.38. The van der Waals surface area contributed by atoms with E-state index < -0.39 is 0 Å². The van der Waals surface area contributed by atoms with Crippen LogP contribution in [0.1, 0.15) is 26.7 Å². The fourth-order valence-electron chi connectivity index (χ4n) is 1.16. The Labute approximate surface area is 114 Å². The Balaban J connectivity index is 2.83. The molecule has 4 heteroatoms. The molecule has 1 aromatic carbocycles. The van der Waals surface area contributed by atoms with Gasteiger partial charge in [-0.2, -0.15) is 0 Å². The van der Waals surface area contributed by atoms with E-state index >= 15 is 0 Å². The van der Waals surface area contributed by atoms with Crippen molar-refractivity contribution in [2.45, 2.75) is 26.7 Å². The van der Waals surface area contributed by atoms with Gasteiger partial charge in [0, 0.05) is 6.07 Å². The first-order valence-electron chi connectivity index (χ1n) is 5.43. The van der Waals surface area contributed by atoms with E-state index in [1.54, 1.807) is 0 Å². The summed E-state index contributed by atoms with van der Waals surface area (Å²) in [5.74, 6) is 1.66. The van der Waals surface area contributed by atoms with E-state index in [1.807, 2.05) is 12.1 Å². The van der Waals surface area contributed by atoms with Gasteiger partial charge in [-0.25, -0.2) is 0 Å². The van der Waals surface area contributed by atoms with Crippen molar-refractivity contribution < 1.29 is 9.47 Å². The van der Waals surface area contributed by atoms with E-state index in [2.05, 4.69) is 45.7 Å². The number of rotatable bonds is 6. The van der Waals surface area contributed by atoms with Gasteiger partial charge in [-0.3, -0.25) is 0 Å². The van der Waals surface area contributed by atoms with Crippen LogP contribution in [-0.2, 0) is 0 Å². The van der Waals surface area contributed by atoms with Crippen molar-refractivity contribution in [3.8, 4) is 11.5 Å². The highest BCUT2D eigenvalue weighted by atomic mass is 79.9. The Morgan fingerprint density at radius 2 is 1.31 bits per heavy atom. The highest BCUT2D eigenvalue weighted by molar-refractivity contribution is 9.11. The number of ether oxygens (including phenoxy) is 2. The molecule has 0 aliphatic heterocycles. The quantitative estimate of drug-likeness (QED) is 0.733. The predicted molar refractivity (Wildman–Crippen MR) is 73.4 cm³/mol. The minimum Gasteiger partial charge on any atom is -0.492 e. The standard InChI is InChI=1S/C12H16Br2O2/c1-3-5-15-11-8-12(16-6-4-2)10(14)7-9(11)13/h7-8H,3-6H2,1-2H3. The van der Waals surface area contributed by atoms with Crippen LogP contribution in [0.2, 0.25) is 0 Å². The summed E-state index contributed by atoms with van der Waals surface area (Å²) < 4.78 is 13.1. The van der Waals surface area contributed by atoms with Crippen LogP contribution >= 0.6 is 31.9 Å². The number of hydrogen-bond acceptors (Lipinski definition) is 2. The third-order valence-corrected chi connectivity index (χ3v) is 3.15. The lowest BCUT2D eigenvalue weighted by Crippen LogP contribution is -1.99. The maximum absolute atomic E-state index is 5.61. The molecule has 0 aliphatic rings. The van der Waals surface area contributed by atoms with Gasteiger partial charge in [-0.15, -0.1) is 0 Å². The van der Waals surface area contributed by atoms with Crippen LogP contribution in [0, 0.1) is 0 Å². The van der Waals surface area contributed by atoms with E-state index in [4.69, 9.17) is 9.47 Å². The number of benzene rings is 1. The molecule has 0 heterocycles. The van der Waals surface area contributed by atoms with Gasteiger partial charge in [-0.1, -0.05) is 13.8 Å². The molecule has 0 atom stereocenters. The second-order valence-electron chi connectivity index (χ2n) is 3.41. The molecule has 1 rings (SSSR count). The second-order valence-corrected chi connectivity index (χ2v) is 5.12. The van der Waals surface area contributed by atoms with Gasteiger partial charge < -0.3 is 9.47 Å². The first kappa shape index (κ1) is 13.8. The van der Waals surface area contributed by atoms with Gasteiger partial charge >= 0.3 is 0 Å². The van der Waals surface area contributed by atoms with E-state index in [0.717, 1.165) is 33.3 Å². The zero-order valence-electron chi connectivity index (χ0n) is 9.56. The fraction of sp³-hybridized carbons (Fsp3) is 0.500. The van der Waals surface area contributed by atoms with E-state index in [9.17, 15) is 0 Å². The molecule has 90 valence electrons. The summed E-state index contributed by atoms with van der Waals surface area (Å²) in [5, 5.41) is 0. The molecule has 0 saturated heterocycles. The third kappa shape index (κ3) is 3.98. The molecule has 1 aromatic rings. The van der Waals surface area contributed by atoms with Crippen molar-refractivity contribution in [1.29, 1.82) is 0 Å². The van der Waals surface area contributed by atoms with Gasteiger partial charge in [0.2, 0.25) is 0 Å². The highest BCUT2D eigenvalue weighted by Crippen LogP contribution is 2.36. The molecule has 0 spiro atoms. The van der Waals surface area contributed by atoms with Crippen molar-refractivity contribution >= 4 is 31.9 Å². The number of hydrogen-bond donors (Lipinski definition) is 0. The van der Waals surface area contributed by atoms with Gasteiger partial charge in [0.15, 0.2) is 0 Å². The zero-order valence-corrected chi connectivity index (χ0v) is 12.7. The summed E-state index contributed by atoms with van der Waals surface area (Å²) >= 11 is 6.94. The summed E-state index contributed by atoms with van der Waals surface area (Å²) in [7, 11) is 0. The maximum Gasteiger partial charge on any atom is 0.137 e. The first-order chi connectivity index (χ1) is 7.69. The Kier molecular flexibility index (Phi) is 6.21. The normalized spacial score (nSPS) is 10.2. The van der Waals surface area contributed by atoms with Crippen LogP contribution in [0.3, 0.4) is 0 Å². The Morgan fingerprint density at radius 3 is 1.69 bits per heavy atom. The Hall–Kier alpha value is -0.220. The first-order valence-corrected chi connectivity index (χ1v) is 7.02. The van der Waals surface area contributed by atoms with Crippen molar-refractivity contribution in [3.05, 3.63) is 21.1 Å². The monoisotopic (exact) mass is 350 g/mol. The molecule has 0 saturated carbocycles. The molecular weight excluding hydrogens is 336 g/mol. The highest BCUT2D eigenvalue weighted by Gasteiger charge is 2.08. The third-order valence-electron chi connectivity index (χ3n) is 1.91. The second kappa shape index (κ2) is 7.17. The molecule has 0 N–H and O–H groups in total. The van der Waals surface area contributed by atoms with Gasteiger partial charge in [0.1, 0.15) is 11.5 Å². The van der Waals surface area contributed by atoms with Gasteiger partial charge in [-0.05, 0) is 50.8 Å². The Morgan fingerprint density at radius 1 is 0.875 bits per heavy atom. The molecule has 0 radical (unpaired) electrons. The molecular formula is C12H16Br2O2. The molecule has 0 fully saturated rings. The summed E-state index contributed by atoms with van der Waals surface area (Å²) in [6.07, 6.45) is 1.99.